The minimum atomic E-state index is -0.684. The third-order valence-electron chi connectivity index (χ3n) is 4.88. The van der Waals surface area contributed by atoms with E-state index in [1.807, 2.05) is 0 Å². The molecule has 2 N–H and O–H groups in total. The molecule has 1 aromatic heterocycles. The number of hydrogen-bond donors (Lipinski definition) is 2. The molecule has 148 valence electrons. The van der Waals surface area contributed by atoms with Gasteiger partial charge in [-0.2, -0.15) is 9.78 Å². The molecule has 3 aromatic rings. The lowest BCUT2D eigenvalue weighted by atomic mass is 10.1. The summed E-state index contributed by atoms with van der Waals surface area (Å²) in [6.07, 6.45) is 1.28. The second-order valence-electron chi connectivity index (χ2n) is 7.04. The van der Waals surface area contributed by atoms with Crippen molar-refractivity contribution in [1.82, 2.24) is 15.1 Å². The molecule has 1 saturated carbocycles. The molecule has 1 heterocycles. The van der Waals surface area contributed by atoms with Gasteiger partial charge >= 0.3 is 0 Å². The SMILES string of the molecule is O=C(NC1(CO)CC1)c1cc(-c2ccc(Cl)cc2)nn(-c2cccc(F)c2)c1=O. The molecule has 4 rings (SSSR count). The van der Waals surface area contributed by atoms with Crippen LogP contribution >= 0.6 is 11.6 Å². The maximum absolute atomic E-state index is 13.7. The first-order chi connectivity index (χ1) is 13.9. The number of nitrogens with one attached hydrogen (secondary N) is 1. The third kappa shape index (κ3) is 3.92. The molecular weight excluding hydrogens is 397 g/mol. The van der Waals surface area contributed by atoms with Gasteiger partial charge < -0.3 is 10.4 Å². The molecule has 0 radical (unpaired) electrons. The number of carbonyl (C=O) groups excluding carboxylic acids is 1. The van der Waals surface area contributed by atoms with Crippen molar-refractivity contribution < 1.29 is 14.3 Å². The fourth-order valence-corrected chi connectivity index (χ4v) is 3.11. The molecule has 0 aliphatic heterocycles. The van der Waals surface area contributed by atoms with Crippen LogP contribution in [0.4, 0.5) is 4.39 Å². The molecule has 1 amide bonds. The standard InChI is InChI=1S/C21H17ClFN3O3/c22-14-6-4-13(5-7-14)18-11-17(19(28)24-21(12-27)8-9-21)20(29)26(25-18)16-3-1-2-15(23)10-16/h1-7,10-11,27H,8-9,12H2,(H,24,28). The van der Waals surface area contributed by atoms with E-state index in [1.54, 1.807) is 24.3 Å². The Balaban J connectivity index is 1.86. The highest BCUT2D eigenvalue weighted by molar-refractivity contribution is 6.30. The molecule has 2 aromatic carbocycles. The third-order valence-corrected chi connectivity index (χ3v) is 5.14. The van der Waals surface area contributed by atoms with E-state index >= 15 is 0 Å². The summed E-state index contributed by atoms with van der Waals surface area (Å²) in [6, 6.07) is 13.6. The van der Waals surface area contributed by atoms with Gasteiger partial charge in [-0.15, -0.1) is 0 Å². The van der Waals surface area contributed by atoms with Crippen LogP contribution in [0.1, 0.15) is 23.2 Å². The Morgan fingerprint density at radius 1 is 1.21 bits per heavy atom. The zero-order chi connectivity index (χ0) is 20.6. The molecule has 1 aliphatic carbocycles. The van der Waals surface area contributed by atoms with Gasteiger partial charge in [0, 0.05) is 10.6 Å². The van der Waals surface area contributed by atoms with Gasteiger partial charge in [0.15, 0.2) is 0 Å². The number of benzene rings is 2. The quantitative estimate of drug-likeness (QED) is 0.673. The summed E-state index contributed by atoms with van der Waals surface area (Å²) in [5, 5.41) is 17.1. The van der Waals surface area contributed by atoms with Crippen molar-refractivity contribution in [3.8, 4) is 16.9 Å². The Morgan fingerprint density at radius 2 is 1.93 bits per heavy atom. The number of rotatable bonds is 5. The van der Waals surface area contributed by atoms with E-state index in [-0.39, 0.29) is 17.9 Å². The lowest BCUT2D eigenvalue weighted by molar-refractivity contribution is 0.0904. The molecular formula is C21H17ClFN3O3. The molecule has 6 nitrogen and oxygen atoms in total. The summed E-state index contributed by atoms with van der Waals surface area (Å²) in [5.74, 6) is -1.14. The monoisotopic (exact) mass is 413 g/mol. The summed E-state index contributed by atoms with van der Waals surface area (Å²) >= 11 is 5.94. The van der Waals surface area contributed by atoms with Crippen LogP contribution in [0.25, 0.3) is 16.9 Å². The topological polar surface area (TPSA) is 84.2 Å². The summed E-state index contributed by atoms with van der Waals surface area (Å²) in [6.45, 7) is -0.202. The van der Waals surface area contributed by atoms with Gasteiger partial charge in [0.05, 0.1) is 23.5 Å². The van der Waals surface area contributed by atoms with Crippen molar-refractivity contribution in [2.75, 3.05) is 6.61 Å². The van der Waals surface area contributed by atoms with Gasteiger partial charge in [0.2, 0.25) is 0 Å². The molecule has 0 atom stereocenters. The molecule has 29 heavy (non-hydrogen) atoms. The molecule has 1 fully saturated rings. The van der Waals surface area contributed by atoms with Crippen molar-refractivity contribution in [2.45, 2.75) is 18.4 Å². The van der Waals surface area contributed by atoms with E-state index in [1.165, 1.54) is 24.3 Å². The van der Waals surface area contributed by atoms with Crippen LogP contribution in [0.2, 0.25) is 5.02 Å². The molecule has 0 saturated heterocycles. The molecule has 0 bridgehead atoms. The van der Waals surface area contributed by atoms with E-state index in [9.17, 15) is 19.1 Å². The summed E-state index contributed by atoms with van der Waals surface area (Å²) < 4.78 is 14.7. The van der Waals surface area contributed by atoms with Gasteiger partial charge in [0.1, 0.15) is 11.4 Å². The fourth-order valence-electron chi connectivity index (χ4n) is 2.98. The highest BCUT2D eigenvalue weighted by atomic mass is 35.5. The highest BCUT2D eigenvalue weighted by Gasteiger charge is 2.44. The highest BCUT2D eigenvalue weighted by Crippen LogP contribution is 2.34. The largest absolute Gasteiger partial charge is 0.394 e. The molecule has 0 spiro atoms. The van der Waals surface area contributed by atoms with Crippen LogP contribution in [0.15, 0.2) is 59.4 Å². The molecule has 0 unspecified atom stereocenters. The summed E-state index contributed by atoms with van der Waals surface area (Å²) in [5.41, 5.74) is -0.324. The van der Waals surface area contributed by atoms with Crippen LogP contribution in [0.5, 0.6) is 0 Å². The van der Waals surface area contributed by atoms with Crippen LogP contribution in [0, 0.1) is 5.82 Å². The minimum Gasteiger partial charge on any atom is -0.394 e. The van der Waals surface area contributed by atoms with Gasteiger partial charge in [-0.05, 0) is 49.2 Å². The van der Waals surface area contributed by atoms with Crippen molar-refractivity contribution in [2.24, 2.45) is 0 Å². The average Bonchev–Trinajstić information content (AvgIpc) is 3.48. The molecule has 1 aliphatic rings. The Hall–Kier alpha value is -3.03. The number of halogens is 2. The van der Waals surface area contributed by atoms with Gasteiger partial charge in [-0.1, -0.05) is 29.8 Å². The van der Waals surface area contributed by atoms with Crippen molar-refractivity contribution >= 4 is 17.5 Å². The number of hydrogen-bond acceptors (Lipinski definition) is 4. The Bertz CT molecular complexity index is 1140. The van der Waals surface area contributed by atoms with E-state index in [0.717, 1.165) is 10.7 Å². The lowest BCUT2D eigenvalue weighted by Crippen LogP contribution is -2.42. The van der Waals surface area contributed by atoms with E-state index in [4.69, 9.17) is 11.6 Å². The lowest BCUT2D eigenvalue weighted by Gasteiger charge is -2.15. The minimum absolute atomic E-state index is 0.145. The van der Waals surface area contributed by atoms with Gasteiger partial charge in [0.25, 0.3) is 11.5 Å². The van der Waals surface area contributed by atoms with Gasteiger partial charge in [-0.25, -0.2) is 4.39 Å². The predicted octanol–water partition coefficient (Wildman–Crippen LogP) is 2.95. The van der Waals surface area contributed by atoms with Crippen molar-refractivity contribution in [3.05, 3.63) is 81.4 Å². The number of amides is 1. The second kappa shape index (κ2) is 7.42. The number of aliphatic hydroxyl groups excluding tert-OH is 1. The van der Waals surface area contributed by atoms with Crippen molar-refractivity contribution in [1.29, 1.82) is 0 Å². The van der Waals surface area contributed by atoms with Crippen LogP contribution < -0.4 is 10.9 Å². The first kappa shape index (κ1) is 19.3. The number of nitrogens with zero attached hydrogens (tertiary/aromatic N) is 2. The Labute approximate surface area is 170 Å². The van der Waals surface area contributed by atoms with Crippen molar-refractivity contribution in [3.63, 3.8) is 0 Å². The fraction of sp³-hybridized carbons (Fsp3) is 0.190. The average molecular weight is 414 g/mol. The smallest absolute Gasteiger partial charge is 0.284 e. The van der Waals surface area contributed by atoms with Crippen LogP contribution in [0.3, 0.4) is 0 Å². The maximum atomic E-state index is 13.7. The number of aromatic nitrogens is 2. The first-order valence-corrected chi connectivity index (χ1v) is 9.38. The first-order valence-electron chi connectivity index (χ1n) is 9.00. The van der Waals surface area contributed by atoms with E-state index < -0.39 is 22.8 Å². The van der Waals surface area contributed by atoms with Gasteiger partial charge in [-0.3, -0.25) is 9.59 Å². The summed E-state index contributed by atoms with van der Waals surface area (Å²) in [4.78, 5) is 25.8. The zero-order valence-electron chi connectivity index (χ0n) is 15.2. The summed E-state index contributed by atoms with van der Waals surface area (Å²) in [7, 11) is 0. The van der Waals surface area contributed by atoms with Crippen LogP contribution in [-0.4, -0.2) is 32.9 Å². The normalized spacial score (nSPS) is 14.4. The second-order valence-corrected chi connectivity index (χ2v) is 7.48. The zero-order valence-corrected chi connectivity index (χ0v) is 16.0. The molecule has 8 heteroatoms. The van der Waals surface area contributed by atoms with Crippen LogP contribution in [-0.2, 0) is 0 Å². The maximum Gasteiger partial charge on any atom is 0.284 e. The number of carbonyl (C=O) groups is 1. The number of aliphatic hydroxyl groups is 1. The Kier molecular flexibility index (Phi) is 4.94. The van der Waals surface area contributed by atoms with E-state index in [0.29, 0.717) is 29.1 Å². The van der Waals surface area contributed by atoms with E-state index in [2.05, 4.69) is 10.4 Å². The Morgan fingerprint density at radius 3 is 2.55 bits per heavy atom. The predicted molar refractivity (Wildman–Crippen MR) is 107 cm³/mol.